The van der Waals surface area contributed by atoms with Crippen LogP contribution in [0.3, 0.4) is 0 Å². The number of β-amino-alcohol motifs (C(OH)–C–C–N with tert-alkyl or cyclic N) is 1. The molecule has 1 aromatic heterocycles. The molecule has 3 aliphatic rings. The number of carbonyl (C=O) groups is 3. The zero-order valence-corrected chi connectivity index (χ0v) is 17.3. The highest BCUT2D eigenvalue weighted by Gasteiger charge is 2.45. The lowest BCUT2D eigenvalue weighted by Crippen LogP contribution is -2.39. The maximum absolute atomic E-state index is 12.9. The monoisotopic (exact) mass is 405 g/mol. The molecule has 0 unspecified atom stereocenters. The number of amides is 3. The average molecular weight is 406 g/mol. The summed E-state index contributed by atoms with van der Waals surface area (Å²) < 4.78 is 0. The summed E-state index contributed by atoms with van der Waals surface area (Å²) >= 11 is 1.43. The number of hydrogen-bond acceptors (Lipinski definition) is 5. The van der Waals surface area contributed by atoms with Crippen molar-refractivity contribution in [2.24, 2.45) is 11.8 Å². The molecule has 0 bridgehead atoms. The van der Waals surface area contributed by atoms with E-state index in [2.05, 4.69) is 6.92 Å². The average Bonchev–Trinajstić information content (AvgIpc) is 3.35. The van der Waals surface area contributed by atoms with Crippen LogP contribution in [0.15, 0.2) is 0 Å². The van der Waals surface area contributed by atoms with E-state index in [4.69, 9.17) is 0 Å². The van der Waals surface area contributed by atoms with Crippen LogP contribution in [-0.4, -0.2) is 65.9 Å². The van der Waals surface area contributed by atoms with Gasteiger partial charge in [0.2, 0.25) is 11.8 Å². The zero-order valence-electron chi connectivity index (χ0n) is 16.4. The fraction of sp³-hybridized carbons (Fsp3) is 0.650. The van der Waals surface area contributed by atoms with E-state index in [0.29, 0.717) is 36.0 Å². The summed E-state index contributed by atoms with van der Waals surface area (Å²) in [6.45, 7) is 3.32. The van der Waals surface area contributed by atoms with Gasteiger partial charge in [0, 0.05) is 30.9 Å². The van der Waals surface area contributed by atoms with Crippen molar-refractivity contribution in [3.05, 3.63) is 16.0 Å². The van der Waals surface area contributed by atoms with Gasteiger partial charge in [0.25, 0.3) is 5.91 Å². The van der Waals surface area contributed by atoms with Gasteiger partial charge < -0.3 is 14.9 Å². The first kappa shape index (κ1) is 19.4. The number of aliphatic hydroxyl groups is 1. The number of carbonyl (C=O) groups excluding carboxylic acids is 3. The van der Waals surface area contributed by atoms with Crippen molar-refractivity contribution >= 4 is 34.1 Å². The molecule has 8 heteroatoms. The summed E-state index contributed by atoms with van der Waals surface area (Å²) in [6, 6.07) is 0. The molecule has 152 valence electrons. The first-order chi connectivity index (χ1) is 13.5. The smallest absolute Gasteiger partial charge is 0.257 e. The number of fused-ring (bicyclic) bond motifs is 3. The highest BCUT2D eigenvalue weighted by atomic mass is 32.1. The molecule has 1 aliphatic carbocycles. The van der Waals surface area contributed by atoms with Crippen LogP contribution in [0.2, 0.25) is 0 Å². The fourth-order valence-corrected chi connectivity index (χ4v) is 5.85. The van der Waals surface area contributed by atoms with E-state index in [1.807, 2.05) is 4.90 Å². The van der Waals surface area contributed by atoms with Crippen LogP contribution in [0.25, 0.3) is 0 Å². The van der Waals surface area contributed by atoms with E-state index in [1.54, 1.807) is 7.05 Å². The number of hydrogen-bond donors (Lipinski definition) is 1. The molecule has 0 radical (unpaired) electrons. The van der Waals surface area contributed by atoms with Crippen LogP contribution in [0.1, 0.15) is 47.0 Å². The minimum atomic E-state index is -0.185. The highest BCUT2D eigenvalue weighted by Crippen LogP contribution is 2.45. The molecule has 1 aromatic rings. The molecular formula is C20H27N3O4S. The maximum atomic E-state index is 12.9. The lowest BCUT2D eigenvalue weighted by molar-refractivity contribution is -0.133. The van der Waals surface area contributed by atoms with Crippen LogP contribution in [0.5, 0.6) is 0 Å². The Labute approximate surface area is 168 Å². The predicted molar refractivity (Wildman–Crippen MR) is 106 cm³/mol. The summed E-state index contributed by atoms with van der Waals surface area (Å²) in [5.41, 5.74) is 1.56. The van der Waals surface area contributed by atoms with Crippen LogP contribution >= 0.6 is 11.3 Å². The molecule has 0 saturated heterocycles. The van der Waals surface area contributed by atoms with E-state index >= 15 is 0 Å². The Morgan fingerprint density at radius 1 is 1.29 bits per heavy atom. The van der Waals surface area contributed by atoms with Gasteiger partial charge >= 0.3 is 0 Å². The zero-order chi connectivity index (χ0) is 20.0. The van der Waals surface area contributed by atoms with Crippen LogP contribution < -0.4 is 4.90 Å². The number of aliphatic hydroxyl groups excluding tert-OH is 1. The van der Waals surface area contributed by atoms with E-state index in [-0.39, 0.29) is 43.3 Å². The largest absolute Gasteiger partial charge is 0.395 e. The minimum absolute atomic E-state index is 0.0140. The third-order valence-electron chi connectivity index (χ3n) is 6.05. The molecule has 3 heterocycles. The lowest BCUT2D eigenvalue weighted by atomic mass is 10.0. The number of likely N-dealkylation sites (N-methyl/N-ethyl adjacent to an activating group) is 1. The SMILES string of the molecule is CCC[C@H]1C[C@H]1C(=O)N1CCc2c(sc3c2C(=O)N(C)CC(=O)N3CCO)C1. The standard InChI is InChI=1S/C20H27N3O4S/c1-3-4-12-9-14(12)18(26)22-6-5-13-15(10-22)28-20-17(13)19(27)21(2)11-16(25)23(20)7-8-24/h12,14,24H,3-11H2,1-2H3/t12-,14+/m0/s1. The molecule has 1 N–H and O–H groups in total. The maximum Gasteiger partial charge on any atom is 0.257 e. The van der Waals surface area contributed by atoms with Crippen molar-refractivity contribution in [1.29, 1.82) is 0 Å². The second-order valence-electron chi connectivity index (χ2n) is 8.01. The molecule has 1 saturated carbocycles. The topological polar surface area (TPSA) is 81.2 Å². The van der Waals surface area contributed by atoms with Gasteiger partial charge in [-0.05, 0) is 30.7 Å². The van der Waals surface area contributed by atoms with Crippen molar-refractivity contribution in [2.75, 3.05) is 38.2 Å². The Kier molecular flexibility index (Phi) is 5.18. The van der Waals surface area contributed by atoms with Crippen LogP contribution in [-0.2, 0) is 22.6 Å². The van der Waals surface area contributed by atoms with Gasteiger partial charge in [-0.25, -0.2) is 0 Å². The van der Waals surface area contributed by atoms with E-state index in [1.165, 1.54) is 21.1 Å². The van der Waals surface area contributed by atoms with E-state index in [9.17, 15) is 19.5 Å². The number of nitrogens with zero attached hydrogens (tertiary/aromatic N) is 3. The molecule has 2 aliphatic heterocycles. The van der Waals surface area contributed by atoms with Crippen molar-refractivity contribution in [1.82, 2.24) is 9.80 Å². The van der Waals surface area contributed by atoms with Gasteiger partial charge in [-0.2, -0.15) is 0 Å². The number of thiophene rings is 1. The molecule has 1 fully saturated rings. The second kappa shape index (κ2) is 7.48. The third kappa shape index (κ3) is 3.22. The quantitative estimate of drug-likeness (QED) is 0.805. The Morgan fingerprint density at radius 2 is 2.07 bits per heavy atom. The van der Waals surface area contributed by atoms with Crippen molar-refractivity contribution < 1.29 is 19.5 Å². The van der Waals surface area contributed by atoms with E-state index in [0.717, 1.165) is 29.7 Å². The van der Waals surface area contributed by atoms with Crippen molar-refractivity contribution in [3.8, 4) is 0 Å². The molecular weight excluding hydrogens is 378 g/mol. The van der Waals surface area contributed by atoms with Gasteiger partial charge in [-0.15, -0.1) is 11.3 Å². The molecule has 4 rings (SSSR count). The van der Waals surface area contributed by atoms with Crippen molar-refractivity contribution in [3.63, 3.8) is 0 Å². The molecule has 2 atom stereocenters. The molecule has 3 amide bonds. The van der Waals surface area contributed by atoms with Gasteiger partial charge in [-0.3, -0.25) is 19.3 Å². The summed E-state index contributed by atoms with van der Waals surface area (Å²) in [5, 5.41) is 10.0. The molecule has 0 aromatic carbocycles. The van der Waals surface area contributed by atoms with Gasteiger partial charge in [0.15, 0.2) is 0 Å². The Balaban J connectivity index is 1.61. The van der Waals surface area contributed by atoms with Gasteiger partial charge in [0.1, 0.15) is 11.5 Å². The Bertz CT molecular complexity index is 821. The first-order valence-corrected chi connectivity index (χ1v) is 10.9. The summed E-state index contributed by atoms with van der Waals surface area (Å²) in [6.07, 6.45) is 3.86. The fourth-order valence-electron chi connectivity index (χ4n) is 4.45. The Hall–Kier alpha value is -1.93. The third-order valence-corrected chi connectivity index (χ3v) is 7.29. The summed E-state index contributed by atoms with van der Waals surface area (Å²) in [5.74, 6) is 0.604. The number of anilines is 1. The van der Waals surface area contributed by atoms with Crippen LogP contribution in [0, 0.1) is 11.8 Å². The summed E-state index contributed by atoms with van der Waals surface area (Å²) in [4.78, 5) is 44.2. The molecule has 7 nitrogen and oxygen atoms in total. The van der Waals surface area contributed by atoms with Crippen molar-refractivity contribution in [2.45, 2.75) is 39.2 Å². The first-order valence-electron chi connectivity index (χ1n) is 10.1. The Morgan fingerprint density at radius 3 is 2.79 bits per heavy atom. The second-order valence-corrected chi connectivity index (χ2v) is 9.10. The lowest BCUT2D eigenvalue weighted by Gasteiger charge is -2.28. The predicted octanol–water partition coefficient (Wildman–Crippen LogP) is 1.48. The normalized spacial score (nSPS) is 24.2. The van der Waals surface area contributed by atoms with Crippen LogP contribution in [0.4, 0.5) is 5.00 Å². The number of rotatable bonds is 5. The van der Waals surface area contributed by atoms with Gasteiger partial charge in [-0.1, -0.05) is 13.3 Å². The van der Waals surface area contributed by atoms with Gasteiger partial charge in [0.05, 0.1) is 18.7 Å². The summed E-state index contributed by atoms with van der Waals surface area (Å²) in [7, 11) is 1.64. The minimum Gasteiger partial charge on any atom is -0.395 e. The van der Waals surface area contributed by atoms with E-state index < -0.39 is 0 Å². The molecule has 0 spiro atoms. The highest BCUT2D eigenvalue weighted by molar-refractivity contribution is 7.17. The molecule has 28 heavy (non-hydrogen) atoms.